The number of hydrazine groups is 1. The van der Waals surface area contributed by atoms with Gasteiger partial charge in [0.1, 0.15) is 22.7 Å². The van der Waals surface area contributed by atoms with Gasteiger partial charge >= 0.3 is 5.97 Å². The zero-order chi connectivity index (χ0) is 28.4. The molecular formula is C26H30N4O7S. The first kappa shape index (κ1) is 28.5. The van der Waals surface area contributed by atoms with E-state index in [9.17, 15) is 18.0 Å². The molecule has 11 nitrogen and oxygen atoms in total. The normalized spacial score (nSPS) is 11.6. The molecule has 0 unspecified atom stereocenters. The van der Waals surface area contributed by atoms with Crippen LogP contribution in [-0.2, 0) is 20.0 Å². The first-order valence-corrected chi connectivity index (χ1v) is 13.3. The van der Waals surface area contributed by atoms with E-state index in [0.717, 1.165) is 17.6 Å². The van der Waals surface area contributed by atoms with Gasteiger partial charge in [0, 0.05) is 17.9 Å². The first-order valence-electron chi connectivity index (χ1n) is 11.4. The minimum atomic E-state index is -3.72. The Balaban J connectivity index is 2.05. The molecule has 3 rings (SSSR count). The van der Waals surface area contributed by atoms with Crippen LogP contribution in [-0.4, -0.2) is 50.7 Å². The molecule has 0 aliphatic heterocycles. The third kappa shape index (κ3) is 6.09. The van der Waals surface area contributed by atoms with Crippen LogP contribution in [0.15, 0.2) is 47.6 Å². The number of methoxy groups -OCH3 is 2. The SMILES string of the molecule is COC(=O)c1cc(Oc2cc(C(=O)N(N)c3cc(C(C)(C)C)cc(S(C)(=O)=O)c3OC)ccc2C)ncn1. The van der Waals surface area contributed by atoms with Crippen molar-refractivity contribution in [3.8, 4) is 17.4 Å². The number of carbonyl (C=O) groups is 2. The number of carbonyl (C=O) groups excluding carboxylic acids is 2. The van der Waals surface area contributed by atoms with E-state index in [4.69, 9.17) is 15.3 Å². The van der Waals surface area contributed by atoms with Gasteiger partial charge in [0.25, 0.3) is 5.91 Å². The highest BCUT2D eigenvalue weighted by molar-refractivity contribution is 7.90. The average Bonchev–Trinajstić information content (AvgIpc) is 2.86. The van der Waals surface area contributed by atoms with E-state index in [2.05, 4.69) is 14.7 Å². The van der Waals surface area contributed by atoms with Gasteiger partial charge in [-0.3, -0.25) is 4.79 Å². The van der Waals surface area contributed by atoms with E-state index in [1.807, 2.05) is 20.8 Å². The number of hydrogen-bond donors (Lipinski definition) is 1. The van der Waals surface area contributed by atoms with Crippen molar-refractivity contribution < 1.29 is 32.2 Å². The number of benzene rings is 2. The number of aromatic nitrogens is 2. The maximum absolute atomic E-state index is 13.5. The van der Waals surface area contributed by atoms with Crippen LogP contribution in [0, 0.1) is 6.92 Å². The maximum Gasteiger partial charge on any atom is 0.356 e. The van der Waals surface area contributed by atoms with Gasteiger partial charge in [0.05, 0.1) is 14.2 Å². The summed E-state index contributed by atoms with van der Waals surface area (Å²) in [6, 6.07) is 9.15. The summed E-state index contributed by atoms with van der Waals surface area (Å²) >= 11 is 0. The lowest BCUT2D eigenvalue weighted by Crippen LogP contribution is -2.38. The third-order valence-corrected chi connectivity index (χ3v) is 6.77. The van der Waals surface area contributed by atoms with Crippen LogP contribution in [0.5, 0.6) is 17.4 Å². The molecule has 3 aromatic rings. The van der Waals surface area contributed by atoms with Gasteiger partial charge < -0.3 is 14.2 Å². The van der Waals surface area contributed by atoms with Crippen molar-refractivity contribution in [1.29, 1.82) is 0 Å². The second kappa shape index (κ2) is 10.8. The van der Waals surface area contributed by atoms with Gasteiger partial charge in [-0.2, -0.15) is 0 Å². The number of nitrogens with zero attached hydrogens (tertiary/aromatic N) is 3. The van der Waals surface area contributed by atoms with E-state index in [1.54, 1.807) is 25.1 Å². The Hall–Kier alpha value is -4.03. The monoisotopic (exact) mass is 542 g/mol. The van der Waals surface area contributed by atoms with Gasteiger partial charge in [-0.15, -0.1) is 0 Å². The van der Waals surface area contributed by atoms with E-state index < -0.39 is 27.1 Å². The fraction of sp³-hybridized carbons (Fsp3) is 0.308. The van der Waals surface area contributed by atoms with Gasteiger partial charge in [0.2, 0.25) is 5.88 Å². The highest BCUT2D eigenvalue weighted by atomic mass is 32.2. The van der Waals surface area contributed by atoms with Crippen molar-refractivity contribution in [2.24, 2.45) is 5.84 Å². The zero-order valence-electron chi connectivity index (χ0n) is 22.2. The molecule has 1 heterocycles. The largest absolute Gasteiger partial charge is 0.493 e. The molecule has 2 aromatic carbocycles. The van der Waals surface area contributed by atoms with Crippen molar-refractivity contribution in [3.05, 3.63) is 65.1 Å². The van der Waals surface area contributed by atoms with E-state index in [-0.39, 0.29) is 39.2 Å². The Morgan fingerprint density at radius 3 is 2.29 bits per heavy atom. The molecule has 0 spiro atoms. The Kier molecular flexibility index (Phi) is 8.08. The zero-order valence-corrected chi connectivity index (χ0v) is 23.0. The molecule has 12 heteroatoms. The fourth-order valence-electron chi connectivity index (χ4n) is 3.50. The molecule has 0 saturated heterocycles. The summed E-state index contributed by atoms with van der Waals surface area (Å²) < 4.78 is 41.0. The second-order valence-electron chi connectivity index (χ2n) is 9.54. The minimum Gasteiger partial charge on any atom is -0.493 e. The van der Waals surface area contributed by atoms with Crippen LogP contribution in [0.1, 0.15) is 52.7 Å². The van der Waals surface area contributed by atoms with Crippen molar-refractivity contribution >= 4 is 27.4 Å². The molecule has 0 atom stereocenters. The minimum absolute atomic E-state index is 0.00280. The summed E-state index contributed by atoms with van der Waals surface area (Å²) in [7, 11) is -1.18. The van der Waals surface area contributed by atoms with Gasteiger partial charge in [-0.1, -0.05) is 26.8 Å². The molecule has 0 saturated carbocycles. The lowest BCUT2D eigenvalue weighted by Gasteiger charge is -2.26. The summed E-state index contributed by atoms with van der Waals surface area (Å²) in [5.41, 5.74) is 1.12. The molecule has 0 aliphatic carbocycles. The molecule has 1 amide bonds. The third-order valence-electron chi connectivity index (χ3n) is 5.67. The van der Waals surface area contributed by atoms with E-state index >= 15 is 0 Å². The van der Waals surface area contributed by atoms with E-state index in [0.29, 0.717) is 11.1 Å². The molecule has 1 aromatic heterocycles. The van der Waals surface area contributed by atoms with Crippen molar-refractivity contribution in [3.63, 3.8) is 0 Å². The number of aryl methyl sites for hydroxylation is 1. The average molecular weight is 543 g/mol. The predicted molar refractivity (Wildman–Crippen MR) is 140 cm³/mol. The van der Waals surface area contributed by atoms with Gasteiger partial charge in [0.15, 0.2) is 21.3 Å². The summed E-state index contributed by atoms with van der Waals surface area (Å²) in [6.45, 7) is 7.50. The highest BCUT2D eigenvalue weighted by Crippen LogP contribution is 2.39. The quantitative estimate of drug-likeness (QED) is 0.203. The maximum atomic E-state index is 13.5. The van der Waals surface area contributed by atoms with Crippen LogP contribution in [0.4, 0.5) is 5.69 Å². The topological polar surface area (TPSA) is 151 Å². The van der Waals surface area contributed by atoms with Crippen molar-refractivity contribution in [2.75, 3.05) is 25.5 Å². The van der Waals surface area contributed by atoms with Gasteiger partial charge in [-0.25, -0.2) is 34.0 Å². The Morgan fingerprint density at radius 1 is 1.03 bits per heavy atom. The van der Waals surface area contributed by atoms with Crippen LogP contribution >= 0.6 is 0 Å². The summed E-state index contributed by atoms with van der Waals surface area (Å²) in [4.78, 5) is 33.0. The Morgan fingerprint density at radius 2 is 1.71 bits per heavy atom. The van der Waals surface area contributed by atoms with Crippen LogP contribution in [0.2, 0.25) is 0 Å². The molecule has 0 radical (unpaired) electrons. The lowest BCUT2D eigenvalue weighted by atomic mass is 9.86. The Bertz CT molecular complexity index is 1500. The number of amides is 1. The molecule has 2 N–H and O–H groups in total. The molecule has 0 bridgehead atoms. The number of anilines is 1. The Labute approximate surface area is 221 Å². The summed E-state index contributed by atoms with van der Waals surface area (Å²) in [5, 5.41) is 0.844. The number of sulfone groups is 1. The first-order chi connectivity index (χ1) is 17.7. The number of ether oxygens (including phenoxy) is 3. The standard InChI is InChI=1S/C26H30N4O7S/c1-15-8-9-16(10-20(15)37-22-13-18(25(32)36-6)28-14-29-22)24(31)30(27)19-11-17(26(2,3)4)12-21(23(19)35-5)38(7,33)34/h8-14H,27H2,1-7H3. The molecule has 202 valence electrons. The molecular weight excluding hydrogens is 512 g/mol. The van der Waals surface area contributed by atoms with Crippen LogP contribution in [0.3, 0.4) is 0 Å². The predicted octanol–water partition coefficient (Wildman–Crippen LogP) is 3.59. The van der Waals surface area contributed by atoms with Crippen molar-refractivity contribution in [1.82, 2.24) is 9.97 Å². The molecule has 0 aliphatic rings. The number of esters is 1. The van der Waals surface area contributed by atoms with Crippen LogP contribution in [0.25, 0.3) is 0 Å². The second-order valence-corrected chi connectivity index (χ2v) is 11.5. The number of hydrogen-bond acceptors (Lipinski definition) is 10. The fourth-order valence-corrected chi connectivity index (χ4v) is 4.36. The van der Waals surface area contributed by atoms with Gasteiger partial charge in [-0.05, 0) is 47.7 Å². The highest BCUT2D eigenvalue weighted by Gasteiger charge is 2.28. The van der Waals surface area contributed by atoms with Crippen LogP contribution < -0.4 is 20.3 Å². The molecule has 0 fully saturated rings. The summed E-state index contributed by atoms with van der Waals surface area (Å²) in [5.74, 6) is 5.28. The molecule has 38 heavy (non-hydrogen) atoms. The summed E-state index contributed by atoms with van der Waals surface area (Å²) in [6.07, 6.45) is 2.22. The smallest absolute Gasteiger partial charge is 0.356 e. The van der Waals surface area contributed by atoms with E-state index in [1.165, 1.54) is 32.4 Å². The number of rotatable bonds is 7. The van der Waals surface area contributed by atoms with Crippen molar-refractivity contribution in [2.45, 2.75) is 38.0 Å². The number of nitrogens with two attached hydrogens (primary N) is 1. The lowest BCUT2D eigenvalue weighted by molar-refractivity contribution is 0.0593.